The molecule has 0 bridgehead atoms. The van der Waals surface area contributed by atoms with Gasteiger partial charge < -0.3 is 19.8 Å². The van der Waals surface area contributed by atoms with E-state index >= 15 is 0 Å². The van der Waals surface area contributed by atoms with Crippen LogP contribution in [0.1, 0.15) is 18.6 Å². The van der Waals surface area contributed by atoms with Crippen LogP contribution in [0.4, 0.5) is 5.69 Å². The smallest absolute Gasteiger partial charge is 0.0761 e. The molecule has 1 rings (SSSR count). The summed E-state index contributed by atoms with van der Waals surface area (Å²) in [7, 11) is 1.66. The molecule has 1 atom stereocenters. The molecule has 4 nitrogen and oxygen atoms in total. The van der Waals surface area contributed by atoms with Crippen LogP contribution in [0.3, 0.4) is 0 Å². The molecular weight excluding hydrogens is 218 g/mol. The first-order valence-corrected chi connectivity index (χ1v) is 5.81. The van der Waals surface area contributed by atoms with Crippen molar-refractivity contribution in [3.05, 3.63) is 29.8 Å². The van der Waals surface area contributed by atoms with Gasteiger partial charge in [-0.25, -0.2) is 0 Å². The number of ether oxygens (including phenoxy) is 1. The number of methoxy groups -OCH3 is 1. The molecule has 0 aromatic heterocycles. The van der Waals surface area contributed by atoms with Crippen LogP contribution >= 0.6 is 0 Å². The minimum absolute atomic E-state index is 0.113. The second kappa shape index (κ2) is 7.27. The first-order valence-electron chi connectivity index (χ1n) is 5.81. The minimum atomic E-state index is -0.450. The van der Waals surface area contributed by atoms with Gasteiger partial charge in [-0.3, -0.25) is 0 Å². The van der Waals surface area contributed by atoms with Crippen LogP contribution in [0.5, 0.6) is 0 Å². The van der Waals surface area contributed by atoms with Gasteiger partial charge in [0.05, 0.1) is 19.3 Å². The van der Waals surface area contributed by atoms with E-state index in [9.17, 15) is 5.11 Å². The van der Waals surface area contributed by atoms with Crippen molar-refractivity contribution < 1.29 is 14.9 Å². The lowest BCUT2D eigenvalue weighted by atomic mass is 10.1. The molecule has 0 heterocycles. The molecule has 0 saturated heterocycles. The highest BCUT2D eigenvalue weighted by Gasteiger charge is 2.06. The maximum Gasteiger partial charge on any atom is 0.0761 e. The van der Waals surface area contributed by atoms with Crippen LogP contribution in [0, 0.1) is 0 Å². The number of hydrogen-bond donors (Lipinski definition) is 2. The van der Waals surface area contributed by atoms with Gasteiger partial charge in [0.2, 0.25) is 0 Å². The van der Waals surface area contributed by atoms with Crippen molar-refractivity contribution in [1.82, 2.24) is 0 Å². The van der Waals surface area contributed by atoms with E-state index in [1.165, 1.54) is 0 Å². The highest BCUT2D eigenvalue weighted by atomic mass is 16.5. The third-order valence-corrected chi connectivity index (χ3v) is 2.68. The molecule has 0 fully saturated rings. The highest BCUT2D eigenvalue weighted by molar-refractivity contribution is 5.47. The average Bonchev–Trinajstić information content (AvgIpc) is 2.34. The van der Waals surface area contributed by atoms with Crippen molar-refractivity contribution in [2.24, 2.45) is 0 Å². The Labute approximate surface area is 102 Å². The van der Waals surface area contributed by atoms with E-state index in [4.69, 9.17) is 9.84 Å². The number of aliphatic hydroxyl groups excluding tert-OH is 2. The summed E-state index contributed by atoms with van der Waals surface area (Å²) in [4.78, 5) is 2.05. The zero-order valence-corrected chi connectivity index (χ0v) is 10.5. The fraction of sp³-hybridized carbons (Fsp3) is 0.538. The average molecular weight is 239 g/mol. The van der Waals surface area contributed by atoms with Crippen LogP contribution < -0.4 is 4.90 Å². The Balaban J connectivity index is 2.72. The maximum atomic E-state index is 9.42. The Morgan fingerprint density at radius 2 is 1.88 bits per heavy atom. The summed E-state index contributed by atoms with van der Waals surface area (Å²) < 4.78 is 5.04. The molecule has 0 aliphatic heterocycles. The molecule has 17 heavy (non-hydrogen) atoms. The molecule has 0 radical (unpaired) electrons. The molecule has 2 N–H and O–H groups in total. The number of rotatable bonds is 7. The number of nitrogens with zero attached hydrogens (tertiary/aromatic N) is 1. The van der Waals surface area contributed by atoms with Gasteiger partial charge in [0.15, 0.2) is 0 Å². The van der Waals surface area contributed by atoms with Crippen molar-refractivity contribution in [3.63, 3.8) is 0 Å². The number of hydrogen-bond acceptors (Lipinski definition) is 4. The van der Waals surface area contributed by atoms with Gasteiger partial charge in [-0.2, -0.15) is 0 Å². The molecule has 1 aromatic rings. The Bertz CT molecular complexity index is 311. The minimum Gasteiger partial charge on any atom is -0.395 e. The van der Waals surface area contributed by atoms with Crippen molar-refractivity contribution in [3.8, 4) is 0 Å². The predicted octanol–water partition coefficient (Wildman–Crippen LogP) is 1.19. The number of aliphatic hydroxyl groups is 2. The normalized spacial score (nSPS) is 12.5. The van der Waals surface area contributed by atoms with E-state index in [-0.39, 0.29) is 6.61 Å². The zero-order chi connectivity index (χ0) is 12.7. The molecule has 0 amide bonds. The van der Waals surface area contributed by atoms with Crippen LogP contribution in [0.25, 0.3) is 0 Å². The lowest BCUT2D eigenvalue weighted by molar-refractivity contribution is 0.199. The van der Waals surface area contributed by atoms with Gasteiger partial charge in [-0.05, 0) is 24.6 Å². The van der Waals surface area contributed by atoms with E-state index in [1.54, 1.807) is 14.0 Å². The van der Waals surface area contributed by atoms with Crippen LogP contribution in [0.2, 0.25) is 0 Å². The molecule has 0 spiro atoms. The van der Waals surface area contributed by atoms with Gasteiger partial charge in [0.1, 0.15) is 0 Å². The summed E-state index contributed by atoms with van der Waals surface area (Å²) in [6.07, 6.45) is -0.450. The molecular formula is C13H21NO3. The molecule has 0 unspecified atom stereocenters. The molecule has 1 aromatic carbocycles. The Morgan fingerprint density at radius 3 is 2.35 bits per heavy atom. The molecule has 0 saturated carbocycles. The Hall–Kier alpha value is -1.10. The second-order valence-corrected chi connectivity index (χ2v) is 3.97. The molecule has 0 aliphatic carbocycles. The van der Waals surface area contributed by atoms with Gasteiger partial charge in [-0.15, -0.1) is 0 Å². The van der Waals surface area contributed by atoms with Crippen molar-refractivity contribution in [2.75, 3.05) is 38.3 Å². The quantitative estimate of drug-likeness (QED) is 0.750. The van der Waals surface area contributed by atoms with Gasteiger partial charge in [-0.1, -0.05) is 12.1 Å². The monoisotopic (exact) mass is 239 g/mol. The second-order valence-electron chi connectivity index (χ2n) is 3.97. The number of benzene rings is 1. The van der Waals surface area contributed by atoms with Crippen LogP contribution in [0.15, 0.2) is 24.3 Å². The lowest BCUT2D eigenvalue weighted by Crippen LogP contribution is -2.30. The Kier molecular flexibility index (Phi) is 5.97. The van der Waals surface area contributed by atoms with E-state index in [0.29, 0.717) is 13.2 Å². The maximum absolute atomic E-state index is 9.42. The van der Waals surface area contributed by atoms with Gasteiger partial charge >= 0.3 is 0 Å². The fourth-order valence-electron chi connectivity index (χ4n) is 1.66. The highest BCUT2D eigenvalue weighted by Crippen LogP contribution is 2.18. The SMILES string of the molecule is COCCN(CCO)c1ccc([C@H](C)O)cc1. The largest absolute Gasteiger partial charge is 0.395 e. The summed E-state index contributed by atoms with van der Waals surface area (Å²) in [5.74, 6) is 0. The summed E-state index contributed by atoms with van der Waals surface area (Å²) in [6.45, 7) is 3.80. The predicted molar refractivity (Wildman–Crippen MR) is 68.3 cm³/mol. The third kappa shape index (κ3) is 4.34. The first-order chi connectivity index (χ1) is 8.19. The van der Waals surface area contributed by atoms with E-state index in [2.05, 4.69) is 4.90 Å². The standard InChI is InChI=1S/C13H21NO3/c1-11(16)12-3-5-13(6-4-12)14(7-9-15)8-10-17-2/h3-6,11,15-16H,7-10H2,1-2H3/t11-/m0/s1. The Morgan fingerprint density at radius 1 is 1.24 bits per heavy atom. The summed E-state index contributed by atoms with van der Waals surface area (Å²) in [5.41, 5.74) is 1.92. The third-order valence-electron chi connectivity index (χ3n) is 2.68. The molecule has 96 valence electrons. The fourth-order valence-corrected chi connectivity index (χ4v) is 1.66. The van der Waals surface area contributed by atoms with E-state index < -0.39 is 6.10 Å². The van der Waals surface area contributed by atoms with Crippen LogP contribution in [-0.4, -0.2) is 43.6 Å². The zero-order valence-electron chi connectivity index (χ0n) is 10.5. The van der Waals surface area contributed by atoms with Gasteiger partial charge in [0.25, 0.3) is 0 Å². The summed E-state index contributed by atoms with van der Waals surface area (Å²) in [5, 5.41) is 18.4. The topological polar surface area (TPSA) is 52.9 Å². The summed E-state index contributed by atoms with van der Waals surface area (Å²) in [6, 6.07) is 7.70. The molecule has 4 heteroatoms. The lowest BCUT2D eigenvalue weighted by Gasteiger charge is -2.24. The number of anilines is 1. The van der Waals surface area contributed by atoms with Gasteiger partial charge in [0, 0.05) is 25.9 Å². The first kappa shape index (κ1) is 14.0. The summed E-state index contributed by atoms with van der Waals surface area (Å²) >= 11 is 0. The van der Waals surface area contributed by atoms with E-state index in [0.717, 1.165) is 17.8 Å². The van der Waals surface area contributed by atoms with Crippen molar-refractivity contribution in [1.29, 1.82) is 0 Å². The van der Waals surface area contributed by atoms with Crippen molar-refractivity contribution >= 4 is 5.69 Å². The molecule has 0 aliphatic rings. The van der Waals surface area contributed by atoms with Crippen LogP contribution in [-0.2, 0) is 4.74 Å². The van der Waals surface area contributed by atoms with Crippen molar-refractivity contribution in [2.45, 2.75) is 13.0 Å². The van der Waals surface area contributed by atoms with E-state index in [1.807, 2.05) is 24.3 Å².